The van der Waals surface area contributed by atoms with Crippen LogP contribution in [0, 0.1) is 10.1 Å². The number of nitrogens with zero attached hydrogens (tertiary/aromatic N) is 2. The van der Waals surface area contributed by atoms with Crippen LogP contribution in [0.2, 0.25) is 0 Å². The highest BCUT2D eigenvalue weighted by atomic mass is 16.6. The fourth-order valence-electron chi connectivity index (χ4n) is 2.61. The minimum atomic E-state index is -0.476. The van der Waals surface area contributed by atoms with Crippen LogP contribution in [0.15, 0.2) is 72.9 Å². The standard InChI is InChI=1S/C21H17N3O4/c1-28-20(25)11-10-15-5-2-6-16(13-15)17-7-3-8-18(14-17)23-21-19(24(26)27)9-4-12-22-21/h2-14H,1H3,(H,22,23). The Hall–Kier alpha value is -4.00. The van der Waals surface area contributed by atoms with Gasteiger partial charge in [0.1, 0.15) is 0 Å². The second-order valence-corrected chi connectivity index (χ2v) is 5.82. The van der Waals surface area contributed by atoms with E-state index in [-0.39, 0.29) is 11.5 Å². The highest BCUT2D eigenvalue weighted by Crippen LogP contribution is 2.28. The van der Waals surface area contributed by atoms with E-state index in [1.807, 2.05) is 48.5 Å². The molecule has 0 aliphatic heterocycles. The molecule has 3 aromatic rings. The molecule has 0 radical (unpaired) electrons. The molecule has 2 aromatic carbocycles. The summed E-state index contributed by atoms with van der Waals surface area (Å²) in [6.45, 7) is 0. The van der Waals surface area contributed by atoms with E-state index in [1.54, 1.807) is 6.08 Å². The molecular weight excluding hydrogens is 358 g/mol. The Kier molecular flexibility index (Phi) is 5.76. The van der Waals surface area contributed by atoms with E-state index in [9.17, 15) is 14.9 Å². The van der Waals surface area contributed by atoms with Crippen LogP contribution in [0.1, 0.15) is 5.56 Å². The molecule has 0 amide bonds. The maximum absolute atomic E-state index is 11.3. The van der Waals surface area contributed by atoms with Crippen molar-refractivity contribution in [1.82, 2.24) is 4.98 Å². The first kappa shape index (κ1) is 18.8. The normalized spacial score (nSPS) is 10.6. The zero-order chi connectivity index (χ0) is 19.9. The van der Waals surface area contributed by atoms with Gasteiger partial charge in [0.2, 0.25) is 5.82 Å². The number of nitrogens with one attached hydrogen (secondary N) is 1. The van der Waals surface area contributed by atoms with Gasteiger partial charge in [-0.25, -0.2) is 9.78 Å². The Labute approximate surface area is 161 Å². The summed E-state index contributed by atoms with van der Waals surface area (Å²) < 4.78 is 4.60. The quantitative estimate of drug-likeness (QED) is 0.293. The lowest BCUT2D eigenvalue weighted by Gasteiger charge is -2.09. The van der Waals surface area contributed by atoms with Crippen LogP contribution >= 0.6 is 0 Å². The molecule has 0 saturated carbocycles. The number of aromatic nitrogens is 1. The van der Waals surface area contributed by atoms with Crippen LogP contribution in [-0.4, -0.2) is 23.0 Å². The number of carbonyl (C=O) groups is 1. The zero-order valence-corrected chi connectivity index (χ0v) is 15.0. The van der Waals surface area contributed by atoms with Gasteiger partial charge in [0, 0.05) is 24.0 Å². The molecule has 1 N–H and O–H groups in total. The number of ether oxygens (including phenoxy) is 1. The van der Waals surface area contributed by atoms with Crippen LogP contribution in [0.5, 0.6) is 0 Å². The van der Waals surface area contributed by atoms with Gasteiger partial charge >= 0.3 is 11.7 Å². The molecule has 3 rings (SSSR count). The van der Waals surface area contributed by atoms with Gasteiger partial charge in [-0.05, 0) is 47.0 Å². The van der Waals surface area contributed by atoms with Crippen LogP contribution in [0.3, 0.4) is 0 Å². The number of pyridine rings is 1. The molecule has 7 nitrogen and oxygen atoms in total. The van der Waals surface area contributed by atoms with Gasteiger partial charge in [0.05, 0.1) is 12.0 Å². The molecule has 0 aliphatic carbocycles. The van der Waals surface area contributed by atoms with E-state index in [0.717, 1.165) is 16.7 Å². The topological polar surface area (TPSA) is 94.4 Å². The van der Waals surface area contributed by atoms with E-state index in [4.69, 9.17) is 0 Å². The molecule has 0 aliphatic rings. The predicted molar refractivity (Wildman–Crippen MR) is 107 cm³/mol. The van der Waals surface area contributed by atoms with Crippen LogP contribution < -0.4 is 5.32 Å². The van der Waals surface area contributed by atoms with Crippen LogP contribution in [0.4, 0.5) is 17.2 Å². The lowest BCUT2D eigenvalue weighted by molar-refractivity contribution is -0.384. The predicted octanol–water partition coefficient (Wildman–Crippen LogP) is 4.59. The number of hydrogen-bond acceptors (Lipinski definition) is 6. The number of carbonyl (C=O) groups excluding carboxylic acids is 1. The third kappa shape index (κ3) is 4.59. The third-order valence-corrected chi connectivity index (χ3v) is 3.94. The molecule has 140 valence electrons. The van der Waals surface area contributed by atoms with Gasteiger partial charge in [-0.2, -0.15) is 0 Å². The molecule has 0 fully saturated rings. The van der Waals surface area contributed by atoms with Crippen molar-refractivity contribution >= 4 is 29.2 Å². The summed E-state index contributed by atoms with van der Waals surface area (Å²) >= 11 is 0. The van der Waals surface area contributed by atoms with Crippen LogP contribution in [-0.2, 0) is 9.53 Å². The second-order valence-electron chi connectivity index (χ2n) is 5.82. The lowest BCUT2D eigenvalue weighted by Crippen LogP contribution is -1.99. The average molecular weight is 375 g/mol. The van der Waals surface area contributed by atoms with Crippen molar-refractivity contribution in [2.75, 3.05) is 12.4 Å². The lowest BCUT2D eigenvalue weighted by atomic mass is 10.0. The van der Waals surface area contributed by atoms with Crippen molar-refractivity contribution in [3.8, 4) is 11.1 Å². The van der Waals surface area contributed by atoms with Crippen molar-refractivity contribution < 1.29 is 14.5 Å². The smallest absolute Gasteiger partial charge is 0.330 e. The van der Waals surface area contributed by atoms with Gasteiger partial charge in [-0.15, -0.1) is 0 Å². The molecule has 28 heavy (non-hydrogen) atoms. The van der Waals surface area contributed by atoms with Gasteiger partial charge in [0.25, 0.3) is 0 Å². The molecule has 0 unspecified atom stereocenters. The van der Waals surface area contributed by atoms with Crippen LogP contribution in [0.25, 0.3) is 17.2 Å². The summed E-state index contributed by atoms with van der Waals surface area (Å²) in [5.41, 5.74) is 3.28. The zero-order valence-electron chi connectivity index (χ0n) is 15.0. The monoisotopic (exact) mass is 375 g/mol. The average Bonchev–Trinajstić information content (AvgIpc) is 2.72. The minimum absolute atomic E-state index is 0.0946. The summed E-state index contributed by atoms with van der Waals surface area (Å²) in [5.74, 6) is -0.243. The molecule has 7 heteroatoms. The molecule has 0 atom stereocenters. The molecule has 1 heterocycles. The Morgan fingerprint density at radius 2 is 1.86 bits per heavy atom. The number of esters is 1. The highest BCUT2D eigenvalue weighted by molar-refractivity contribution is 5.87. The Balaban J connectivity index is 1.87. The number of hydrogen-bond donors (Lipinski definition) is 1. The minimum Gasteiger partial charge on any atom is -0.466 e. The first-order chi connectivity index (χ1) is 13.6. The van der Waals surface area contributed by atoms with E-state index in [2.05, 4.69) is 15.0 Å². The SMILES string of the molecule is COC(=O)C=Cc1cccc(-c2cccc(Nc3ncccc3[N+](=O)[O-])c2)c1. The largest absolute Gasteiger partial charge is 0.466 e. The summed E-state index contributed by atoms with van der Waals surface area (Å²) in [6.07, 6.45) is 4.53. The van der Waals surface area contributed by atoms with Gasteiger partial charge in [-0.1, -0.05) is 30.3 Å². The molecule has 0 spiro atoms. The summed E-state index contributed by atoms with van der Waals surface area (Å²) in [5, 5.41) is 14.2. The summed E-state index contributed by atoms with van der Waals surface area (Å²) in [7, 11) is 1.33. The van der Waals surface area contributed by atoms with E-state index in [0.29, 0.717) is 5.69 Å². The van der Waals surface area contributed by atoms with Gasteiger partial charge in [-0.3, -0.25) is 10.1 Å². The Morgan fingerprint density at radius 1 is 1.11 bits per heavy atom. The number of rotatable bonds is 6. The van der Waals surface area contributed by atoms with Crippen molar-refractivity contribution in [2.45, 2.75) is 0 Å². The molecule has 0 bridgehead atoms. The molecular formula is C21H17N3O4. The highest BCUT2D eigenvalue weighted by Gasteiger charge is 2.14. The van der Waals surface area contributed by atoms with Crippen molar-refractivity contribution in [3.05, 3.63) is 88.6 Å². The maximum atomic E-state index is 11.3. The number of methoxy groups -OCH3 is 1. The third-order valence-electron chi connectivity index (χ3n) is 3.94. The Bertz CT molecular complexity index is 1050. The first-order valence-electron chi connectivity index (χ1n) is 8.40. The van der Waals surface area contributed by atoms with Crippen molar-refractivity contribution in [1.29, 1.82) is 0 Å². The second kappa shape index (κ2) is 8.59. The van der Waals surface area contributed by atoms with Gasteiger partial charge < -0.3 is 10.1 Å². The van der Waals surface area contributed by atoms with E-state index in [1.165, 1.54) is 31.5 Å². The molecule has 1 aromatic heterocycles. The van der Waals surface area contributed by atoms with E-state index >= 15 is 0 Å². The first-order valence-corrected chi connectivity index (χ1v) is 8.40. The summed E-state index contributed by atoms with van der Waals surface area (Å²) in [4.78, 5) is 26.0. The fourth-order valence-corrected chi connectivity index (χ4v) is 2.61. The fraction of sp³-hybridized carbons (Fsp3) is 0.0476. The number of benzene rings is 2. The van der Waals surface area contributed by atoms with Crippen molar-refractivity contribution in [3.63, 3.8) is 0 Å². The summed E-state index contributed by atoms with van der Waals surface area (Å²) in [6, 6.07) is 18.0. The Morgan fingerprint density at radius 3 is 2.61 bits per heavy atom. The van der Waals surface area contributed by atoms with E-state index < -0.39 is 10.9 Å². The van der Waals surface area contributed by atoms with Crippen molar-refractivity contribution in [2.24, 2.45) is 0 Å². The maximum Gasteiger partial charge on any atom is 0.330 e. The number of anilines is 2. The van der Waals surface area contributed by atoms with Gasteiger partial charge in [0.15, 0.2) is 0 Å². The number of nitro groups is 1. The molecule has 0 saturated heterocycles.